The second-order valence-corrected chi connectivity index (χ2v) is 20.1. The third-order valence-electron chi connectivity index (χ3n) is 11.9. The SMILES string of the molecule is COC(=O)c1nn(C(=O)OC(C)(C)C)c2ccc(Br)cc12.Cc1cccc(CNc2ccc(-c3ccc4[nH]nc(C(=O)O)c4c3)cn2)c1.Cc1cccc(CNc2ccc(B3OC(C)(C)C(C)(C)O3)cn2)c1. The van der Waals surface area contributed by atoms with Crippen molar-refractivity contribution in [2.45, 2.75) is 92.2 Å². The van der Waals surface area contributed by atoms with Gasteiger partial charge in [-0.25, -0.2) is 24.4 Å². The maximum Gasteiger partial charge on any atom is 0.496 e. The predicted molar refractivity (Wildman–Crippen MR) is 284 cm³/mol. The van der Waals surface area contributed by atoms with Crippen molar-refractivity contribution in [2.75, 3.05) is 17.7 Å². The molecule has 0 spiro atoms. The number of benzene rings is 4. The molecule has 372 valence electrons. The number of nitrogens with zero attached hydrogens (tertiary/aromatic N) is 5. The molecule has 1 fully saturated rings. The first-order valence-corrected chi connectivity index (χ1v) is 24.0. The monoisotopic (exact) mass is 1040 g/mol. The highest BCUT2D eigenvalue weighted by atomic mass is 79.9. The fourth-order valence-corrected chi connectivity index (χ4v) is 7.83. The second kappa shape index (κ2) is 21.9. The van der Waals surface area contributed by atoms with Crippen LogP contribution in [-0.4, -0.2) is 84.1 Å². The number of carboxylic acid groups (broad SMARTS) is 1. The molecule has 5 heterocycles. The van der Waals surface area contributed by atoms with Gasteiger partial charge in [0.05, 0.1) is 29.3 Å². The van der Waals surface area contributed by atoms with Crippen molar-refractivity contribution in [3.05, 3.63) is 160 Å². The van der Waals surface area contributed by atoms with Crippen LogP contribution in [0.15, 0.2) is 126 Å². The Bertz CT molecular complexity index is 3210. The Kier molecular flexibility index (Phi) is 16.0. The van der Waals surface area contributed by atoms with Crippen LogP contribution < -0.4 is 16.1 Å². The molecular formula is C54H58BBrN8O8. The number of pyridine rings is 2. The van der Waals surface area contributed by atoms with Crippen molar-refractivity contribution in [2.24, 2.45) is 0 Å². The highest BCUT2D eigenvalue weighted by molar-refractivity contribution is 9.10. The normalized spacial score (nSPS) is 13.6. The summed E-state index contributed by atoms with van der Waals surface area (Å²) in [4.78, 5) is 44.2. The van der Waals surface area contributed by atoms with E-state index in [4.69, 9.17) is 18.8 Å². The number of ether oxygens (including phenoxy) is 2. The van der Waals surface area contributed by atoms with E-state index in [2.05, 4.69) is 136 Å². The summed E-state index contributed by atoms with van der Waals surface area (Å²) in [6, 6.07) is 35.4. The molecule has 0 atom stereocenters. The summed E-state index contributed by atoms with van der Waals surface area (Å²) in [7, 11) is 0.895. The zero-order valence-corrected chi connectivity index (χ0v) is 43.5. The van der Waals surface area contributed by atoms with Gasteiger partial charge in [0.15, 0.2) is 11.4 Å². The van der Waals surface area contributed by atoms with Crippen molar-refractivity contribution >= 4 is 80.0 Å². The standard InChI is InChI=1S/C21H18N4O2.C19H25BN2O2.C14H15BrN2O4/c1-13-3-2-4-14(9-13)11-22-19-8-6-16(12-23-19)15-5-7-18-17(10-15)20(21(26)27)25-24-18;1-14-7-6-8-15(11-14)12-21-17-10-9-16(13-22-17)20-23-18(2,3)19(4,5)24-20;1-14(2,3)21-13(19)17-10-6-5-8(15)7-9(10)11(16-17)12(18)20-4/h2-10,12H,11H2,1H3,(H,22,23)(H,24,25)(H,26,27);6-11,13H,12H2,1-5H3,(H,21,22);5-7H,1-4H3. The van der Waals surface area contributed by atoms with E-state index in [1.54, 1.807) is 45.2 Å². The third kappa shape index (κ3) is 12.9. The zero-order chi connectivity index (χ0) is 52.0. The lowest BCUT2D eigenvalue weighted by Crippen LogP contribution is -2.41. The molecule has 18 heteroatoms. The number of aromatic carboxylic acids is 1. The number of nitrogens with one attached hydrogen (secondary N) is 3. The molecule has 4 aromatic heterocycles. The lowest BCUT2D eigenvalue weighted by Gasteiger charge is -2.32. The molecule has 8 aromatic rings. The van der Waals surface area contributed by atoms with E-state index in [-0.39, 0.29) is 29.7 Å². The van der Waals surface area contributed by atoms with Crippen molar-refractivity contribution in [1.82, 2.24) is 29.9 Å². The minimum Gasteiger partial charge on any atom is -0.476 e. The summed E-state index contributed by atoms with van der Waals surface area (Å²) in [5.41, 5.74) is 7.62. The van der Waals surface area contributed by atoms with E-state index < -0.39 is 23.6 Å². The van der Waals surface area contributed by atoms with E-state index in [0.717, 1.165) is 43.9 Å². The Morgan fingerprint density at radius 2 is 1.35 bits per heavy atom. The summed E-state index contributed by atoms with van der Waals surface area (Å²) < 4.78 is 23.9. The number of carbonyl (C=O) groups is 3. The minimum atomic E-state index is -1.05. The Morgan fingerprint density at radius 3 is 1.88 bits per heavy atom. The van der Waals surface area contributed by atoms with E-state index in [1.165, 1.54) is 29.4 Å². The van der Waals surface area contributed by atoms with Gasteiger partial charge in [-0.1, -0.05) is 87.7 Å². The molecular weight excluding hydrogens is 979 g/mol. The Labute approximate surface area is 427 Å². The van der Waals surface area contributed by atoms with Gasteiger partial charge in [0.25, 0.3) is 0 Å². The van der Waals surface area contributed by atoms with Gasteiger partial charge < -0.3 is 34.5 Å². The molecule has 0 saturated carbocycles. The average molecular weight is 1040 g/mol. The second-order valence-electron chi connectivity index (χ2n) is 19.2. The van der Waals surface area contributed by atoms with E-state index in [1.807, 2.05) is 54.7 Å². The Morgan fingerprint density at radius 1 is 0.750 bits per heavy atom. The molecule has 1 saturated heterocycles. The molecule has 16 nitrogen and oxygen atoms in total. The molecule has 0 aliphatic carbocycles. The number of halogens is 1. The van der Waals surface area contributed by atoms with Crippen LogP contribution in [0.2, 0.25) is 0 Å². The van der Waals surface area contributed by atoms with E-state index >= 15 is 0 Å². The Balaban J connectivity index is 0.000000160. The number of carbonyl (C=O) groups excluding carboxylic acids is 2. The zero-order valence-electron chi connectivity index (χ0n) is 42.0. The summed E-state index contributed by atoms with van der Waals surface area (Å²) in [5, 5.41) is 27.6. The number of aryl methyl sites for hydroxylation is 2. The average Bonchev–Trinajstić information content (AvgIpc) is 4.00. The number of H-pyrrole nitrogens is 1. The number of hydrogen-bond acceptors (Lipinski definition) is 13. The summed E-state index contributed by atoms with van der Waals surface area (Å²) in [6.07, 6.45) is 2.95. The van der Waals surface area contributed by atoms with Crippen LogP contribution in [0, 0.1) is 13.8 Å². The quantitative estimate of drug-likeness (QED) is 0.0743. The van der Waals surface area contributed by atoms with E-state index in [0.29, 0.717) is 28.4 Å². The minimum absolute atomic E-state index is 0.0243. The number of anilines is 2. The van der Waals surface area contributed by atoms with Crippen LogP contribution in [-0.2, 0) is 31.9 Å². The van der Waals surface area contributed by atoms with Crippen molar-refractivity contribution in [3.8, 4) is 11.1 Å². The maximum absolute atomic E-state index is 12.2. The molecule has 72 heavy (non-hydrogen) atoms. The van der Waals surface area contributed by atoms with Crippen molar-refractivity contribution < 1.29 is 38.3 Å². The van der Waals surface area contributed by atoms with Crippen LogP contribution >= 0.6 is 15.9 Å². The van der Waals surface area contributed by atoms with Gasteiger partial charge in [0, 0.05) is 51.8 Å². The van der Waals surface area contributed by atoms with Gasteiger partial charge in [0.1, 0.15) is 17.2 Å². The number of esters is 1. The highest BCUT2D eigenvalue weighted by Crippen LogP contribution is 2.36. The largest absolute Gasteiger partial charge is 0.496 e. The molecule has 1 aliphatic heterocycles. The van der Waals surface area contributed by atoms with Gasteiger partial charge in [0.2, 0.25) is 0 Å². The number of carboxylic acids is 1. The van der Waals surface area contributed by atoms with Crippen molar-refractivity contribution in [1.29, 1.82) is 0 Å². The van der Waals surface area contributed by atoms with Gasteiger partial charge in [-0.15, -0.1) is 0 Å². The molecule has 1 aliphatic rings. The molecule has 9 rings (SSSR count). The highest BCUT2D eigenvalue weighted by Gasteiger charge is 2.51. The number of methoxy groups -OCH3 is 1. The number of aromatic amines is 1. The Hall–Kier alpha value is -7.41. The predicted octanol–water partition coefficient (Wildman–Crippen LogP) is 10.9. The number of hydrogen-bond donors (Lipinski definition) is 4. The van der Waals surface area contributed by atoms with Crippen LogP contribution in [0.25, 0.3) is 32.9 Å². The lowest BCUT2D eigenvalue weighted by molar-refractivity contribution is 0.00578. The van der Waals surface area contributed by atoms with Crippen LogP contribution in [0.5, 0.6) is 0 Å². The molecule has 4 aromatic carbocycles. The lowest BCUT2D eigenvalue weighted by atomic mass is 9.80. The molecule has 0 unspecified atom stereocenters. The van der Waals surface area contributed by atoms with Crippen LogP contribution in [0.3, 0.4) is 0 Å². The molecule has 0 radical (unpaired) electrons. The first-order chi connectivity index (χ1) is 34.1. The first-order valence-electron chi connectivity index (χ1n) is 23.2. The van der Waals surface area contributed by atoms with Gasteiger partial charge in [-0.3, -0.25) is 5.10 Å². The fourth-order valence-electron chi connectivity index (χ4n) is 7.47. The van der Waals surface area contributed by atoms with Crippen LogP contribution in [0.1, 0.15) is 91.7 Å². The molecule has 0 amide bonds. The maximum atomic E-state index is 12.2. The number of aromatic nitrogens is 6. The van der Waals surface area contributed by atoms with Gasteiger partial charge >= 0.3 is 25.2 Å². The van der Waals surface area contributed by atoms with Gasteiger partial charge in [-0.2, -0.15) is 14.9 Å². The summed E-state index contributed by atoms with van der Waals surface area (Å²) >= 11 is 3.33. The van der Waals surface area contributed by atoms with Crippen LogP contribution in [0.4, 0.5) is 16.4 Å². The van der Waals surface area contributed by atoms with Crippen molar-refractivity contribution in [3.63, 3.8) is 0 Å². The summed E-state index contributed by atoms with van der Waals surface area (Å²) in [5.74, 6) is -0.0275. The third-order valence-corrected chi connectivity index (χ3v) is 12.4. The van der Waals surface area contributed by atoms with Gasteiger partial charge in [-0.05, 0) is 128 Å². The first kappa shape index (κ1) is 52.4. The summed E-state index contributed by atoms with van der Waals surface area (Å²) in [6.45, 7) is 19.1. The number of fused-ring (bicyclic) bond motifs is 2. The van der Waals surface area contributed by atoms with E-state index in [9.17, 15) is 19.5 Å². The number of rotatable bonds is 10. The smallest absolute Gasteiger partial charge is 0.476 e. The topological polar surface area (TPSA) is 205 Å². The molecule has 0 bridgehead atoms. The fraction of sp³-hybridized carbons (Fsp3) is 0.278. The molecule has 4 N–H and O–H groups in total.